The molecule has 1 N–H and O–H groups in total. The van der Waals surface area contributed by atoms with Gasteiger partial charge in [-0.15, -0.1) is 11.3 Å². The van der Waals surface area contributed by atoms with Crippen molar-refractivity contribution in [3.8, 4) is 0 Å². The number of hydrogen-bond donors (Lipinski definition) is 1. The SMILES string of the molecule is OCc1sc2cccc(I)c2c1CBr. The maximum absolute atomic E-state index is 9.23. The highest BCUT2D eigenvalue weighted by Gasteiger charge is 2.12. The van der Waals surface area contributed by atoms with Gasteiger partial charge < -0.3 is 5.11 Å². The summed E-state index contributed by atoms with van der Waals surface area (Å²) in [6.07, 6.45) is 0. The van der Waals surface area contributed by atoms with Crippen molar-refractivity contribution in [3.63, 3.8) is 0 Å². The second kappa shape index (κ2) is 4.47. The van der Waals surface area contributed by atoms with Crippen LogP contribution in [-0.2, 0) is 11.9 Å². The predicted octanol–water partition coefficient (Wildman–Crippen LogP) is 3.89. The molecular weight excluding hydrogens is 375 g/mol. The number of alkyl halides is 1. The Bertz CT molecular complexity index is 466. The zero-order chi connectivity index (χ0) is 10.1. The Labute approximate surface area is 108 Å². The molecule has 0 aliphatic heterocycles. The first kappa shape index (κ1) is 10.9. The summed E-state index contributed by atoms with van der Waals surface area (Å²) in [5.74, 6) is 0. The molecule has 0 spiro atoms. The summed E-state index contributed by atoms with van der Waals surface area (Å²) in [6.45, 7) is 0.135. The van der Waals surface area contributed by atoms with Crippen LogP contribution in [0.1, 0.15) is 10.4 Å². The van der Waals surface area contributed by atoms with E-state index in [1.807, 2.05) is 0 Å². The highest BCUT2D eigenvalue weighted by atomic mass is 127. The van der Waals surface area contributed by atoms with E-state index in [-0.39, 0.29) is 6.61 Å². The lowest BCUT2D eigenvalue weighted by Crippen LogP contribution is -1.85. The van der Waals surface area contributed by atoms with Gasteiger partial charge in [0.2, 0.25) is 0 Å². The Morgan fingerprint density at radius 2 is 2.21 bits per heavy atom. The molecule has 0 unspecified atom stereocenters. The Balaban J connectivity index is 2.81. The van der Waals surface area contributed by atoms with Gasteiger partial charge in [-0.3, -0.25) is 0 Å². The molecule has 0 radical (unpaired) electrons. The molecule has 0 saturated heterocycles. The molecule has 0 aliphatic rings. The van der Waals surface area contributed by atoms with E-state index in [1.165, 1.54) is 19.2 Å². The maximum Gasteiger partial charge on any atom is 0.0777 e. The van der Waals surface area contributed by atoms with Crippen LogP contribution in [0.15, 0.2) is 18.2 Å². The molecule has 2 rings (SSSR count). The summed E-state index contributed by atoms with van der Waals surface area (Å²) in [7, 11) is 0. The fraction of sp³-hybridized carbons (Fsp3) is 0.200. The molecule has 1 nitrogen and oxygen atoms in total. The summed E-state index contributed by atoms with van der Waals surface area (Å²) in [5.41, 5.74) is 1.23. The van der Waals surface area contributed by atoms with Gasteiger partial charge in [-0.2, -0.15) is 0 Å². The molecule has 74 valence electrons. The van der Waals surface area contributed by atoms with E-state index in [0.717, 1.165) is 10.2 Å². The van der Waals surface area contributed by atoms with Crippen LogP contribution in [0.25, 0.3) is 10.1 Å². The van der Waals surface area contributed by atoms with Crippen molar-refractivity contribution in [3.05, 3.63) is 32.2 Å². The lowest BCUT2D eigenvalue weighted by atomic mass is 10.1. The van der Waals surface area contributed by atoms with E-state index in [4.69, 9.17) is 0 Å². The van der Waals surface area contributed by atoms with Gasteiger partial charge >= 0.3 is 0 Å². The van der Waals surface area contributed by atoms with Gasteiger partial charge in [0.15, 0.2) is 0 Å². The lowest BCUT2D eigenvalue weighted by molar-refractivity contribution is 0.285. The molecule has 0 saturated carbocycles. The predicted molar refractivity (Wildman–Crippen MR) is 73.1 cm³/mol. The summed E-state index contributed by atoms with van der Waals surface area (Å²) < 4.78 is 2.51. The van der Waals surface area contributed by atoms with Crippen LogP contribution in [0.5, 0.6) is 0 Å². The number of fused-ring (bicyclic) bond motifs is 1. The van der Waals surface area contributed by atoms with Crippen molar-refractivity contribution in [2.75, 3.05) is 0 Å². The summed E-state index contributed by atoms with van der Waals surface area (Å²) in [4.78, 5) is 1.07. The Morgan fingerprint density at radius 1 is 1.43 bits per heavy atom. The Kier molecular flexibility index (Phi) is 3.46. The number of aliphatic hydroxyl groups is 1. The average molecular weight is 383 g/mol. The van der Waals surface area contributed by atoms with Crippen molar-refractivity contribution in [2.45, 2.75) is 11.9 Å². The molecule has 2 aromatic rings. The second-order valence-corrected chi connectivity index (χ2v) is 5.77. The average Bonchev–Trinajstić information content (AvgIpc) is 2.56. The molecule has 0 atom stereocenters. The van der Waals surface area contributed by atoms with Crippen LogP contribution in [0.3, 0.4) is 0 Å². The molecule has 1 aromatic carbocycles. The van der Waals surface area contributed by atoms with E-state index in [1.54, 1.807) is 11.3 Å². The van der Waals surface area contributed by atoms with Gasteiger partial charge in [-0.05, 0) is 40.3 Å². The zero-order valence-corrected chi connectivity index (χ0v) is 11.8. The first-order chi connectivity index (χ1) is 6.77. The molecule has 14 heavy (non-hydrogen) atoms. The fourth-order valence-electron chi connectivity index (χ4n) is 1.49. The van der Waals surface area contributed by atoms with Gasteiger partial charge in [0.1, 0.15) is 0 Å². The molecule has 0 fully saturated rings. The lowest BCUT2D eigenvalue weighted by Gasteiger charge is -1.98. The van der Waals surface area contributed by atoms with Gasteiger partial charge in [-0.25, -0.2) is 0 Å². The first-order valence-electron chi connectivity index (χ1n) is 4.13. The molecular formula is C10H8BrIOS. The highest BCUT2D eigenvalue weighted by Crippen LogP contribution is 2.35. The largest absolute Gasteiger partial charge is 0.391 e. The normalized spacial score (nSPS) is 11.1. The number of aliphatic hydroxyl groups excluding tert-OH is 1. The Hall–Kier alpha value is 0.350. The third kappa shape index (κ3) is 1.73. The summed E-state index contributed by atoms with van der Waals surface area (Å²) in [5, 5.41) is 11.3. The second-order valence-electron chi connectivity index (χ2n) is 2.91. The molecule has 1 heterocycles. The molecule has 0 bridgehead atoms. The van der Waals surface area contributed by atoms with E-state index in [2.05, 4.69) is 56.7 Å². The molecule has 0 aliphatic carbocycles. The minimum Gasteiger partial charge on any atom is -0.391 e. The van der Waals surface area contributed by atoms with Crippen molar-refractivity contribution in [2.24, 2.45) is 0 Å². The minimum atomic E-state index is 0.135. The molecule has 1 aromatic heterocycles. The minimum absolute atomic E-state index is 0.135. The van der Waals surface area contributed by atoms with E-state index in [9.17, 15) is 5.11 Å². The number of benzene rings is 1. The number of halogens is 2. The van der Waals surface area contributed by atoms with E-state index < -0.39 is 0 Å². The number of thiophene rings is 1. The van der Waals surface area contributed by atoms with Gasteiger partial charge in [0.05, 0.1) is 6.61 Å². The van der Waals surface area contributed by atoms with Gasteiger partial charge in [0.25, 0.3) is 0 Å². The quantitative estimate of drug-likeness (QED) is 0.617. The van der Waals surface area contributed by atoms with E-state index >= 15 is 0 Å². The van der Waals surface area contributed by atoms with Crippen molar-refractivity contribution in [1.29, 1.82) is 0 Å². The van der Waals surface area contributed by atoms with Crippen LogP contribution < -0.4 is 0 Å². The van der Waals surface area contributed by atoms with Crippen molar-refractivity contribution < 1.29 is 5.11 Å². The maximum atomic E-state index is 9.23. The van der Waals surface area contributed by atoms with Crippen LogP contribution in [-0.4, -0.2) is 5.11 Å². The monoisotopic (exact) mass is 382 g/mol. The Morgan fingerprint density at radius 3 is 2.86 bits per heavy atom. The number of hydrogen-bond acceptors (Lipinski definition) is 2. The smallest absolute Gasteiger partial charge is 0.0777 e. The molecule has 0 amide bonds. The van der Waals surface area contributed by atoms with Crippen LogP contribution in [0.2, 0.25) is 0 Å². The van der Waals surface area contributed by atoms with Crippen LogP contribution in [0, 0.1) is 3.57 Å². The first-order valence-corrected chi connectivity index (χ1v) is 7.15. The van der Waals surface area contributed by atoms with Gasteiger partial charge in [-0.1, -0.05) is 22.0 Å². The fourth-order valence-corrected chi connectivity index (χ4v) is 4.41. The zero-order valence-electron chi connectivity index (χ0n) is 7.26. The summed E-state index contributed by atoms with van der Waals surface area (Å²) in [6, 6.07) is 6.26. The van der Waals surface area contributed by atoms with Gasteiger partial charge in [0, 0.05) is 23.9 Å². The summed E-state index contributed by atoms with van der Waals surface area (Å²) >= 11 is 7.49. The topological polar surface area (TPSA) is 20.2 Å². The van der Waals surface area contributed by atoms with Crippen molar-refractivity contribution in [1.82, 2.24) is 0 Å². The third-order valence-corrected chi connectivity index (χ3v) is 4.77. The third-order valence-electron chi connectivity index (χ3n) is 2.12. The standard InChI is InChI=1S/C10H8BrIOS/c11-4-6-9(5-13)14-8-3-1-2-7(12)10(6)8/h1-3,13H,4-5H2. The number of rotatable bonds is 2. The van der Waals surface area contributed by atoms with E-state index in [0.29, 0.717) is 0 Å². The van der Waals surface area contributed by atoms with Crippen LogP contribution in [0.4, 0.5) is 0 Å². The highest BCUT2D eigenvalue weighted by molar-refractivity contribution is 14.1. The van der Waals surface area contributed by atoms with Crippen molar-refractivity contribution >= 4 is 59.9 Å². The van der Waals surface area contributed by atoms with Crippen LogP contribution >= 0.6 is 49.9 Å². The molecule has 4 heteroatoms.